The van der Waals surface area contributed by atoms with E-state index >= 15 is 0 Å². The van der Waals surface area contributed by atoms with Crippen LogP contribution in [0.3, 0.4) is 0 Å². The van der Waals surface area contributed by atoms with E-state index in [9.17, 15) is 4.79 Å². The van der Waals surface area contributed by atoms with Crippen molar-refractivity contribution in [2.45, 2.75) is 12.8 Å². The van der Waals surface area contributed by atoms with Crippen LogP contribution in [0.2, 0.25) is 0 Å². The standard InChI is InChI=1S/C8H8Br2OS/c9-4-1-2-7(11)8-6(10)3-5-12-8/h3,5H,1-2,4H2. The van der Waals surface area contributed by atoms with Gasteiger partial charge < -0.3 is 0 Å². The van der Waals surface area contributed by atoms with E-state index in [1.165, 1.54) is 11.3 Å². The summed E-state index contributed by atoms with van der Waals surface area (Å²) in [4.78, 5) is 12.3. The predicted molar refractivity (Wildman–Crippen MR) is 59.4 cm³/mol. The summed E-state index contributed by atoms with van der Waals surface area (Å²) in [6.07, 6.45) is 1.54. The molecule has 66 valence electrons. The maximum absolute atomic E-state index is 11.4. The second-order valence-electron chi connectivity index (χ2n) is 2.31. The van der Waals surface area contributed by atoms with Gasteiger partial charge in [-0.2, -0.15) is 0 Å². The van der Waals surface area contributed by atoms with Gasteiger partial charge >= 0.3 is 0 Å². The van der Waals surface area contributed by atoms with Crippen molar-refractivity contribution in [2.24, 2.45) is 0 Å². The minimum Gasteiger partial charge on any atom is -0.293 e. The molecule has 0 unspecified atom stereocenters. The molecule has 0 saturated heterocycles. The smallest absolute Gasteiger partial charge is 0.173 e. The first kappa shape index (κ1) is 10.4. The lowest BCUT2D eigenvalue weighted by Gasteiger charge is -1.95. The van der Waals surface area contributed by atoms with E-state index in [-0.39, 0.29) is 5.78 Å². The van der Waals surface area contributed by atoms with Gasteiger partial charge in [-0.05, 0) is 33.8 Å². The van der Waals surface area contributed by atoms with Gasteiger partial charge in [-0.25, -0.2) is 0 Å². The Morgan fingerprint density at radius 3 is 2.83 bits per heavy atom. The average Bonchev–Trinajstić information content (AvgIpc) is 2.47. The fraction of sp³-hybridized carbons (Fsp3) is 0.375. The molecule has 12 heavy (non-hydrogen) atoms. The minimum atomic E-state index is 0.233. The molecule has 1 heterocycles. The van der Waals surface area contributed by atoms with E-state index in [1.807, 2.05) is 11.4 Å². The van der Waals surface area contributed by atoms with Crippen LogP contribution in [0, 0.1) is 0 Å². The number of carbonyl (C=O) groups is 1. The predicted octanol–water partition coefficient (Wildman–Crippen LogP) is 3.87. The van der Waals surface area contributed by atoms with E-state index in [0.29, 0.717) is 6.42 Å². The number of halogens is 2. The van der Waals surface area contributed by atoms with Crippen molar-refractivity contribution in [3.63, 3.8) is 0 Å². The molecule has 1 aromatic rings. The first-order chi connectivity index (χ1) is 5.75. The molecule has 0 aliphatic rings. The molecule has 0 N–H and O–H groups in total. The summed E-state index contributed by atoms with van der Waals surface area (Å²) in [6, 6.07) is 1.91. The Morgan fingerprint density at radius 1 is 1.58 bits per heavy atom. The van der Waals surface area contributed by atoms with Crippen LogP contribution in [0.5, 0.6) is 0 Å². The summed E-state index contributed by atoms with van der Waals surface area (Å²) in [6.45, 7) is 0. The molecule has 1 aromatic heterocycles. The molecule has 0 aromatic carbocycles. The van der Waals surface area contributed by atoms with Gasteiger partial charge in [0, 0.05) is 16.2 Å². The van der Waals surface area contributed by atoms with Gasteiger partial charge in [-0.15, -0.1) is 11.3 Å². The summed E-state index contributed by atoms with van der Waals surface area (Å²) in [5.41, 5.74) is 0. The van der Waals surface area contributed by atoms with Crippen molar-refractivity contribution in [1.82, 2.24) is 0 Å². The van der Waals surface area contributed by atoms with Gasteiger partial charge in [0.25, 0.3) is 0 Å². The number of hydrogen-bond donors (Lipinski definition) is 0. The molecule has 0 fully saturated rings. The van der Waals surface area contributed by atoms with Crippen LogP contribution in [0.25, 0.3) is 0 Å². The van der Waals surface area contributed by atoms with Crippen LogP contribution >= 0.6 is 43.2 Å². The molecule has 0 amide bonds. The van der Waals surface area contributed by atoms with Crippen molar-refractivity contribution in [2.75, 3.05) is 5.33 Å². The molecule has 0 aliphatic heterocycles. The highest BCUT2D eigenvalue weighted by atomic mass is 79.9. The Balaban J connectivity index is 2.59. The average molecular weight is 312 g/mol. The topological polar surface area (TPSA) is 17.1 Å². The quantitative estimate of drug-likeness (QED) is 0.609. The third-order valence-corrected chi connectivity index (χ3v) is 3.85. The monoisotopic (exact) mass is 310 g/mol. The van der Waals surface area contributed by atoms with Gasteiger partial charge in [0.2, 0.25) is 0 Å². The molecule has 0 radical (unpaired) electrons. The van der Waals surface area contributed by atoms with Gasteiger partial charge in [-0.3, -0.25) is 4.79 Å². The summed E-state index contributed by atoms with van der Waals surface area (Å²) >= 11 is 8.13. The van der Waals surface area contributed by atoms with Crippen molar-refractivity contribution in [3.05, 3.63) is 20.8 Å². The van der Waals surface area contributed by atoms with E-state index in [4.69, 9.17) is 0 Å². The summed E-state index contributed by atoms with van der Waals surface area (Å²) in [5, 5.41) is 2.81. The van der Waals surface area contributed by atoms with Crippen LogP contribution in [-0.2, 0) is 0 Å². The van der Waals surface area contributed by atoms with Crippen molar-refractivity contribution in [3.8, 4) is 0 Å². The Morgan fingerprint density at radius 2 is 2.33 bits per heavy atom. The molecule has 1 rings (SSSR count). The van der Waals surface area contributed by atoms with E-state index < -0.39 is 0 Å². The number of carbonyl (C=O) groups excluding carboxylic acids is 1. The first-order valence-corrected chi connectivity index (χ1v) is 6.37. The molecular weight excluding hydrogens is 304 g/mol. The van der Waals surface area contributed by atoms with Gasteiger partial charge in [-0.1, -0.05) is 15.9 Å². The molecule has 0 atom stereocenters. The number of rotatable bonds is 4. The lowest BCUT2D eigenvalue weighted by atomic mass is 10.2. The number of hydrogen-bond acceptors (Lipinski definition) is 2. The van der Waals surface area contributed by atoms with Gasteiger partial charge in [0.15, 0.2) is 5.78 Å². The van der Waals surface area contributed by atoms with Crippen LogP contribution in [0.15, 0.2) is 15.9 Å². The van der Waals surface area contributed by atoms with Crippen molar-refractivity contribution >= 4 is 49.0 Å². The van der Waals surface area contributed by atoms with Crippen LogP contribution in [-0.4, -0.2) is 11.1 Å². The minimum absolute atomic E-state index is 0.233. The molecule has 4 heteroatoms. The van der Waals surface area contributed by atoms with Crippen molar-refractivity contribution in [1.29, 1.82) is 0 Å². The second kappa shape index (κ2) is 5.14. The number of thiophene rings is 1. The maximum Gasteiger partial charge on any atom is 0.173 e. The zero-order valence-corrected chi connectivity index (χ0v) is 10.3. The Kier molecular flexibility index (Phi) is 4.46. The summed E-state index contributed by atoms with van der Waals surface area (Å²) in [7, 11) is 0. The zero-order chi connectivity index (χ0) is 8.97. The maximum atomic E-state index is 11.4. The SMILES string of the molecule is O=C(CCCBr)c1sccc1Br. The molecule has 1 nitrogen and oxygen atoms in total. The number of ketones is 1. The largest absolute Gasteiger partial charge is 0.293 e. The van der Waals surface area contributed by atoms with E-state index in [2.05, 4.69) is 31.9 Å². The number of alkyl halides is 1. The highest BCUT2D eigenvalue weighted by molar-refractivity contribution is 9.10. The second-order valence-corrected chi connectivity index (χ2v) is 4.88. The lowest BCUT2D eigenvalue weighted by Crippen LogP contribution is -1.96. The molecule has 0 aliphatic carbocycles. The summed E-state index contributed by atoms with van der Waals surface area (Å²) in [5.74, 6) is 0.233. The third kappa shape index (κ3) is 2.68. The van der Waals surface area contributed by atoms with Crippen LogP contribution in [0.4, 0.5) is 0 Å². The highest BCUT2D eigenvalue weighted by Gasteiger charge is 2.10. The van der Waals surface area contributed by atoms with E-state index in [0.717, 1.165) is 21.1 Å². The van der Waals surface area contributed by atoms with Gasteiger partial charge in [0.1, 0.15) is 0 Å². The molecular formula is C8H8Br2OS. The van der Waals surface area contributed by atoms with Crippen LogP contribution < -0.4 is 0 Å². The molecule has 0 saturated carbocycles. The fourth-order valence-electron chi connectivity index (χ4n) is 0.834. The zero-order valence-electron chi connectivity index (χ0n) is 6.35. The summed E-state index contributed by atoms with van der Waals surface area (Å²) < 4.78 is 0.923. The lowest BCUT2D eigenvalue weighted by molar-refractivity contribution is 0.0985. The first-order valence-electron chi connectivity index (χ1n) is 3.58. The van der Waals surface area contributed by atoms with Crippen LogP contribution in [0.1, 0.15) is 22.5 Å². The molecule has 0 spiro atoms. The normalized spacial score (nSPS) is 10.2. The Bertz CT molecular complexity index is 270. The fourth-order valence-corrected chi connectivity index (χ4v) is 2.68. The number of Topliss-reactive ketones (excluding diaryl/α,β-unsaturated/α-hetero) is 1. The van der Waals surface area contributed by atoms with E-state index in [1.54, 1.807) is 0 Å². The molecule has 0 bridgehead atoms. The van der Waals surface area contributed by atoms with Crippen molar-refractivity contribution < 1.29 is 4.79 Å². The third-order valence-electron chi connectivity index (χ3n) is 1.41. The van der Waals surface area contributed by atoms with Gasteiger partial charge in [0.05, 0.1) is 4.88 Å². The Hall–Kier alpha value is 0.330. The highest BCUT2D eigenvalue weighted by Crippen LogP contribution is 2.24. The Labute approximate surface area is 92.4 Å².